The molecule has 0 saturated carbocycles. The van der Waals surface area contributed by atoms with Crippen molar-refractivity contribution in [1.29, 1.82) is 0 Å². The van der Waals surface area contributed by atoms with Crippen LogP contribution in [0.3, 0.4) is 0 Å². The summed E-state index contributed by atoms with van der Waals surface area (Å²) < 4.78 is 17.0. The lowest BCUT2D eigenvalue weighted by atomic mass is 10.1. The normalized spacial score (nSPS) is 13.2. The lowest BCUT2D eigenvalue weighted by Crippen LogP contribution is -2.24. The molecule has 6 nitrogen and oxygen atoms in total. The zero-order valence-corrected chi connectivity index (χ0v) is 19.6. The van der Waals surface area contributed by atoms with Crippen LogP contribution in [0.25, 0.3) is 16.9 Å². The predicted molar refractivity (Wildman–Crippen MR) is 134 cm³/mol. The van der Waals surface area contributed by atoms with Crippen LogP contribution in [-0.2, 0) is 22.8 Å². The van der Waals surface area contributed by atoms with E-state index in [-0.39, 0.29) is 0 Å². The van der Waals surface area contributed by atoms with Gasteiger partial charge in [-0.05, 0) is 36.4 Å². The average molecular weight is 448 g/mol. The molecule has 7 heteroatoms. The molecule has 0 bridgehead atoms. The number of aryl methyl sites for hydroxylation is 2. The van der Waals surface area contributed by atoms with E-state index < -0.39 is 9.71 Å². The minimum absolute atomic E-state index is 0.521. The van der Waals surface area contributed by atoms with E-state index in [0.29, 0.717) is 18.8 Å². The zero-order valence-electron chi connectivity index (χ0n) is 18.8. The quantitative estimate of drug-likeness (QED) is 0.394. The van der Waals surface area contributed by atoms with Crippen molar-refractivity contribution in [2.75, 3.05) is 11.1 Å². The number of hydrogen-bond donors (Lipinski definition) is 2. The Labute approximate surface area is 189 Å². The van der Waals surface area contributed by atoms with Crippen LogP contribution in [0.5, 0.6) is 0 Å². The van der Waals surface area contributed by atoms with Crippen molar-refractivity contribution in [3.63, 3.8) is 0 Å². The van der Waals surface area contributed by atoms with Gasteiger partial charge in [-0.1, -0.05) is 55.5 Å². The molecule has 1 unspecified atom stereocenters. The van der Waals surface area contributed by atoms with Crippen molar-refractivity contribution in [3.05, 3.63) is 83.0 Å². The fourth-order valence-corrected chi connectivity index (χ4v) is 4.12. The topological polar surface area (TPSA) is 71.3 Å². The highest BCUT2D eigenvalue weighted by Gasteiger charge is 2.12. The van der Waals surface area contributed by atoms with E-state index in [9.17, 15) is 4.21 Å². The van der Waals surface area contributed by atoms with E-state index in [4.69, 9.17) is 4.98 Å². The summed E-state index contributed by atoms with van der Waals surface area (Å²) in [6, 6.07) is 18.6. The van der Waals surface area contributed by atoms with Crippen molar-refractivity contribution >= 4 is 27.0 Å². The number of benzene rings is 2. The Morgan fingerprint density at radius 3 is 2.38 bits per heavy atom. The summed E-state index contributed by atoms with van der Waals surface area (Å²) in [5.74, 6) is 5.15. The largest absolute Gasteiger partial charge is 0.366 e. The second-order valence-corrected chi connectivity index (χ2v) is 10.5. The first kappa shape index (κ1) is 22.0. The number of rotatable bonds is 8. The molecule has 0 radical (unpaired) electrons. The van der Waals surface area contributed by atoms with Gasteiger partial charge >= 0.3 is 0 Å². The van der Waals surface area contributed by atoms with Crippen LogP contribution in [0.4, 0.5) is 5.82 Å². The van der Waals surface area contributed by atoms with Gasteiger partial charge in [-0.15, -0.1) is 0 Å². The molecule has 166 valence electrons. The smallest absolute Gasteiger partial charge is 0.160 e. The maximum absolute atomic E-state index is 12.1. The average Bonchev–Trinajstić information content (AvgIpc) is 3.18. The Morgan fingerprint density at radius 1 is 1.00 bits per heavy atom. The fraction of sp³-hybridized carbons (Fsp3) is 0.240. The summed E-state index contributed by atoms with van der Waals surface area (Å²) in [7, 11) is -2.20. The Kier molecular flexibility index (Phi) is 6.30. The van der Waals surface area contributed by atoms with Gasteiger partial charge in [0.05, 0.1) is 11.9 Å². The van der Waals surface area contributed by atoms with E-state index in [0.717, 1.165) is 39.4 Å². The van der Waals surface area contributed by atoms with Crippen molar-refractivity contribution in [3.8, 4) is 11.3 Å². The molecule has 2 N–H and O–H groups in total. The van der Waals surface area contributed by atoms with E-state index in [1.54, 1.807) is 0 Å². The van der Waals surface area contributed by atoms with Crippen LogP contribution in [0.1, 0.15) is 29.2 Å². The minimum Gasteiger partial charge on any atom is -0.366 e. The molecule has 0 aliphatic rings. The molecule has 0 saturated heterocycles. The molecule has 2 aromatic carbocycles. The number of anilines is 1. The summed E-state index contributed by atoms with van der Waals surface area (Å²) in [4.78, 5) is 4.87. The Balaban J connectivity index is 1.55. The Morgan fingerprint density at radius 2 is 1.69 bits per heavy atom. The molecule has 0 aliphatic heterocycles. The van der Waals surface area contributed by atoms with Gasteiger partial charge in [0.25, 0.3) is 0 Å². The van der Waals surface area contributed by atoms with Crippen molar-refractivity contribution in [1.82, 2.24) is 19.3 Å². The lowest BCUT2D eigenvalue weighted by molar-refractivity contribution is 0.670. The van der Waals surface area contributed by atoms with Crippen molar-refractivity contribution in [2.24, 2.45) is 0 Å². The van der Waals surface area contributed by atoms with Gasteiger partial charge in [0.15, 0.2) is 5.65 Å². The summed E-state index contributed by atoms with van der Waals surface area (Å²) in [5.41, 5.74) is 7.34. The summed E-state index contributed by atoms with van der Waals surface area (Å²) >= 11 is 0. The third kappa shape index (κ3) is 4.84. The van der Waals surface area contributed by atoms with Gasteiger partial charge in [0.1, 0.15) is 5.82 Å². The number of aromatic nitrogens is 3. The summed E-state index contributed by atoms with van der Waals surface area (Å²) in [6.45, 7) is 7.19. The minimum atomic E-state index is -2.20. The van der Waals surface area contributed by atoms with E-state index in [1.807, 2.05) is 48.8 Å². The van der Waals surface area contributed by atoms with Gasteiger partial charge in [0.2, 0.25) is 0 Å². The molecule has 4 aromatic rings. The third-order valence-electron chi connectivity index (χ3n) is 5.57. The molecule has 2 aromatic heterocycles. The standard InChI is InChI=1S/C25H29N5OS/c1-5-32(4,31)28-17-21-12-10-20(11-13-21)16-26-24-14-23(22-9-7-6-8-18(22)2)29-25-19(3)15-27-30(24)25/h6-15,26H,4-5,16-17H2,1-3H3,(H,28,31). The molecular formula is C25H29N5OS. The first-order valence-corrected chi connectivity index (χ1v) is 12.6. The van der Waals surface area contributed by atoms with Crippen LogP contribution < -0.4 is 10.0 Å². The highest BCUT2D eigenvalue weighted by Crippen LogP contribution is 2.26. The molecule has 0 amide bonds. The highest BCUT2D eigenvalue weighted by molar-refractivity contribution is 7.98. The first-order valence-electron chi connectivity index (χ1n) is 10.7. The monoisotopic (exact) mass is 447 g/mol. The first-order chi connectivity index (χ1) is 15.4. The van der Waals surface area contributed by atoms with Crippen LogP contribution in [0.15, 0.2) is 60.8 Å². The molecule has 4 rings (SSSR count). The number of fused-ring (bicyclic) bond motifs is 1. The Hall–Kier alpha value is -3.16. The number of nitrogens with zero attached hydrogens (tertiary/aromatic N) is 3. The van der Waals surface area contributed by atoms with Gasteiger partial charge < -0.3 is 5.32 Å². The second kappa shape index (κ2) is 9.14. The fourth-order valence-electron chi connectivity index (χ4n) is 3.48. The molecule has 32 heavy (non-hydrogen) atoms. The van der Waals surface area contributed by atoms with Gasteiger partial charge in [-0.3, -0.25) is 4.21 Å². The number of nitrogens with one attached hydrogen (secondary N) is 2. The molecular weight excluding hydrogens is 418 g/mol. The predicted octanol–water partition coefficient (Wildman–Crippen LogP) is 4.37. The second-order valence-electron chi connectivity index (χ2n) is 8.00. The Bertz CT molecular complexity index is 1340. The van der Waals surface area contributed by atoms with Crippen molar-refractivity contribution in [2.45, 2.75) is 33.9 Å². The van der Waals surface area contributed by atoms with Crippen LogP contribution in [0, 0.1) is 13.8 Å². The van der Waals surface area contributed by atoms with Crippen molar-refractivity contribution < 1.29 is 4.21 Å². The van der Waals surface area contributed by atoms with E-state index in [2.05, 4.69) is 58.3 Å². The van der Waals surface area contributed by atoms with E-state index >= 15 is 0 Å². The zero-order chi connectivity index (χ0) is 22.7. The molecule has 0 fully saturated rings. The van der Waals surface area contributed by atoms with Gasteiger partial charge in [0, 0.05) is 45.7 Å². The third-order valence-corrected chi connectivity index (χ3v) is 7.17. The van der Waals surface area contributed by atoms with Gasteiger partial charge in [-0.25, -0.2) is 9.71 Å². The van der Waals surface area contributed by atoms with Crippen LogP contribution >= 0.6 is 0 Å². The number of hydrogen-bond acceptors (Lipinski definition) is 4. The molecule has 2 heterocycles. The molecule has 1 atom stereocenters. The van der Waals surface area contributed by atoms with Crippen LogP contribution in [-0.4, -0.2) is 30.4 Å². The maximum Gasteiger partial charge on any atom is 0.160 e. The summed E-state index contributed by atoms with van der Waals surface area (Å²) in [6.07, 6.45) is 1.84. The molecule has 0 spiro atoms. The highest BCUT2D eigenvalue weighted by atomic mass is 32.2. The SMILES string of the molecule is C=S(=O)(CC)NCc1ccc(CNc2cc(-c3ccccc3C)nc3c(C)cnn23)cc1. The maximum atomic E-state index is 12.1. The van der Waals surface area contributed by atoms with Crippen LogP contribution in [0.2, 0.25) is 0 Å². The summed E-state index contributed by atoms with van der Waals surface area (Å²) in [5, 5.41) is 8.03. The van der Waals surface area contributed by atoms with E-state index in [1.165, 1.54) is 5.56 Å². The lowest BCUT2D eigenvalue weighted by Gasteiger charge is -2.13. The molecule has 0 aliphatic carbocycles. The van der Waals surface area contributed by atoms with Gasteiger partial charge in [-0.2, -0.15) is 9.61 Å².